The van der Waals surface area contributed by atoms with Gasteiger partial charge in [-0.15, -0.1) is 0 Å². The van der Waals surface area contributed by atoms with Crippen molar-refractivity contribution >= 4 is 11.8 Å². The molecule has 6 nitrogen and oxygen atoms in total. The van der Waals surface area contributed by atoms with Crippen molar-refractivity contribution in [1.29, 1.82) is 0 Å². The Morgan fingerprint density at radius 1 is 1.52 bits per heavy atom. The zero-order valence-corrected chi connectivity index (χ0v) is 13.2. The number of ether oxygens (including phenoxy) is 1. The first kappa shape index (κ1) is 15.7. The quantitative estimate of drug-likeness (QED) is 0.833. The molecular weight excluding hydrogens is 268 g/mol. The summed E-state index contributed by atoms with van der Waals surface area (Å²) in [5.74, 6) is 0.902. The van der Waals surface area contributed by atoms with Gasteiger partial charge in [0.25, 0.3) is 0 Å². The highest BCUT2D eigenvalue weighted by molar-refractivity contribution is 5.85. The minimum Gasteiger partial charge on any atom is -0.463 e. The number of hydrogen-bond acceptors (Lipinski definition) is 6. The average Bonchev–Trinajstić information content (AvgIpc) is 2.93. The number of rotatable bonds is 5. The molecule has 2 rings (SSSR count). The van der Waals surface area contributed by atoms with E-state index in [1.807, 2.05) is 13.0 Å². The van der Waals surface area contributed by atoms with Gasteiger partial charge in [-0.2, -0.15) is 0 Å². The summed E-state index contributed by atoms with van der Waals surface area (Å²) >= 11 is 0. The highest BCUT2D eigenvalue weighted by Gasteiger charge is 2.24. The van der Waals surface area contributed by atoms with Crippen LogP contribution in [0.5, 0.6) is 0 Å². The highest BCUT2D eigenvalue weighted by atomic mass is 16.5. The van der Waals surface area contributed by atoms with Crippen LogP contribution in [0.25, 0.3) is 0 Å². The van der Waals surface area contributed by atoms with Crippen molar-refractivity contribution in [3.8, 4) is 0 Å². The summed E-state index contributed by atoms with van der Waals surface area (Å²) in [6.45, 7) is 9.42. The molecule has 0 radical (unpaired) electrons. The molecule has 1 fully saturated rings. The van der Waals surface area contributed by atoms with Gasteiger partial charge in [0.05, 0.1) is 7.11 Å². The van der Waals surface area contributed by atoms with E-state index in [-0.39, 0.29) is 5.82 Å². The standard InChI is InChI=1S/C15H24N4O2/c1-10(2)19-6-5-12(9-19)8-16-13-7-11(3)17-14(18-13)15(20)21-4/h7,10,12H,5-6,8-9H2,1-4H3,(H,16,17,18). The number of aromatic nitrogens is 2. The Morgan fingerprint density at radius 2 is 2.29 bits per heavy atom. The maximum Gasteiger partial charge on any atom is 0.376 e. The van der Waals surface area contributed by atoms with E-state index in [2.05, 4.69) is 38.8 Å². The van der Waals surface area contributed by atoms with Gasteiger partial charge in [-0.1, -0.05) is 0 Å². The van der Waals surface area contributed by atoms with Crippen molar-refractivity contribution in [3.63, 3.8) is 0 Å². The first-order chi connectivity index (χ1) is 9.99. The monoisotopic (exact) mass is 292 g/mol. The van der Waals surface area contributed by atoms with Gasteiger partial charge >= 0.3 is 5.97 Å². The molecule has 1 N–H and O–H groups in total. The van der Waals surface area contributed by atoms with Crippen LogP contribution in [0, 0.1) is 12.8 Å². The third-order valence-electron chi connectivity index (χ3n) is 3.84. The number of likely N-dealkylation sites (tertiary alicyclic amines) is 1. The lowest BCUT2D eigenvalue weighted by atomic mass is 10.1. The Hall–Kier alpha value is -1.69. The first-order valence-electron chi connectivity index (χ1n) is 7.41. The number of methoxy groups -OCH3 is 1. The number of aryl methyl sites for hydroxylation is 1. The topological polar surface area (TPSA) is 67.3 Å². The summed E-state index contributed by atoms with van der Waals surface area (Å²) in [7, 11) is 1.33. The Balaban J connectivity index is 1.94. The Bertz CT molecular complexity index is 504. The van der Waals surface area contributed by atoms with Crippen molar-refractivity contribution < 1.29 is 9.53 Å². The number of esters is 1. The molecule has 0 bridgehead atoms. The zero-order chi connectivity index (χ0) is 15.4. The molecule has 0 saturated carbocycles. The predicted molar refractivity (Wildman–Crippen MR) is 81.4 cm³/mol. The highest BCUT2D eigenvalue weighted by Crippen LogP contribution is 2.19. The number of anilines is 1. The van der Waals surface area contributed by atoms with Crippen LogP contribution in [0.15, 0.2) is 6.07 Å². The molecule has 0 aliphatic carbocycles. The van der Waals surface area contributed by atoms with Crippen molar-refractivity contribution in [1.82, 2.24) is 14.9 Å². The molecule has 0 spiro atoms. The number of nitrogens with zero attached hydrogens (tertiary/aromatic N) is 3. The lowest BCUT2D eigenvalue weighted by Crippen LogP contribution is -2.29. The summed E-state index contributed by atoms with van der Waals surface area (Å²) in [6, 6.07) is 2.45. The minimum absolute atomic E-state index is 0.107. The van der Waals surface area contributed by atoms with E-state index in [0.29, 0.717) is 17.8 Å². The molecule has 1 aliphatic heterocycles. The number of nitrogens with one attached hydrogen (secondary N) is 1. The fourth-order valence-corrected chi connectivity index (χ4v) is 2.59. The molecule has 1 aliphatic rings. The molecule has 1 unspecified atom stereocenters. The summed E-state index contributed by atoms with van der Waals surface area (Å²) in [5, 5.41) is 3.32. The third kappa shape index (κ3) is 4.14. The molecule has 1 aromatic rings. The van der Waals surface area contributed by atoms with Crippen LogP contribution in [-0.2, 0) is 4.74 Å². The van der Waals surface area contributed by atoms with Crippen molar-refractivity contribution in [2.45, 2.75) is 33.2 Å². The van der Waals surface area contributed by atoms with Crippen LogP contribution in [0.1, 0.15) is 36.6 Å². The molecule has 116 valence electrons. The van der Waals surface area contributed by atoms with Crippen LogP contribution in [0.3, 0.4) is 0 Å². The van der Waals surface area contributed by atoms with Crippen LogP contribution in [0.2, 0.25) is 0 Å². The van der Waals surface area contributed by atoms with Gasteiger partial charge in [-0.05, 0) is 39.7 Å². The van der Waals surface area contributed by atoms with E-state index in [1.54, 1.807) is 0 Å². The van der Waals surface area contributed by atoms with Crippen LogP contribution in [0.4, 0.5) is 5.82 Å². The van der Waals surface area contributed by atoms with Crippen LogP contribution >= 0.6 is 0 Å². The number of hydrogen-bond donors (Lipinski definition) is 1. The molecule has 6 heteroatoms. The average molecular weight is 292 g/mol. The molecule has 1 atom stereocenters. The van der Waals surface area contributed by atoms with E-state index >= 15 is 0 Å². The lowest BCUT2D eigenvalue weighted by Gasteiger charge is -2.20. The first-order valence-corrected chi connectivity index (χ1v) is 7.41. The summed E-state index contributed by atoms with van der Waals surface area (Å²) in [4.78, 5) is 22.3. The van der Waals surface area contributed by atoms with E-state index in [0.717, 1.165) is 25.3 Å². The second-order valence-corrected chi connectivity index (χ2v) is 5.83. The van der Waals surface area contributed by atoms with Crippen molar-refractivity contribution in [2.75, 3.05) is 32.1 Å². The van der Waals surface area contributed by atoms with E-state index in [9.17, 15) is 4.79 Å². The summed E-state index contributed by atoms with van der Waals surface area (Å²) < 4.78 is 4.67. The van der Waals surface area contributed by atoms with Gasteiger partial charge in [-0.3, -0.25) is 0 Å². The van der Waals surface area contributed by atoms with Crippen molar-refractivity contribution in [2.24, 2.45) is 5.92 Å². The second kappa shape index (κ2) is 6.85. The maximum absolute atomic E-state index is 11.5. The molecule has 0 amide bonds. The van der Waals surface area contributed by atoms with Gasteiger partial charge in [0.15, 0.2) is 0 Å². The smallest absolute Gasteiger partial charge is 0.376 e. The lowest BCUT2D eigenvalue weighted by molar-refractivity contribution is 0.0586. The van der Waals surface area contributed by atoms with Gasteiger partial charge in [-0.25, -0.2) is 14.8 Å². The fraction of sp³-hybridized carbons (Fsp3) is 0.667. The normalized spacial score (nSPS) is 19.0. The molecule has 1 aromatic heterocycles. The second-order valence-electron chi connectivity index (χ2n) is 5.83. The Labute approximate surface area is 125 Å². The number of carbonyl (C=O) groups is 1. The van der Waals surface area contributed by atoms with Gasteiger partial charge in [0.2, 0.25) is 5.82 Å². The maximum atomic E-state index is 11.5. The molecule has 1 saturated heterocycles. The molecule has 0 aromatic carbocycles. The van der Waals surface area contributed by atoms with Gasteiger partial charge in [0.1, 0.15) is 5.82 Å². The molecule has 2 heterocycles. The molecular formula is C15H24N4O2. The van der Waals surface area contributed by atoms with E-state index in [4.69, 9.17) is 0 Å². The third-order valence-corrected chi connectivity index (χ3v) is 3.84. The zero-order valence-electron chi connectivity index (χ0n) is 13.2. The van der Waals surface area contributed by atoms with E-state index < -0.39 is 5.97 Å². The predicted octanol–water partition coefficient (Wildman–Crippen LogP) is 1.71. The van der Waals surface area contributed by atoms with E-state index in [1.165, 1.54) is 13.5 Å². The number of carbonyl (C=O) groups excluding carboxylic acids is 1. The SMILES string of the molecule is COC(=O)c1nc(C)cc(NCC2CCN(C(C)C)C2)n1. The van der Waals surface area contributed by atoms with Crippen LogP contribution in [-0.4, -0.2) is 53.6 Å². The minimum atomic E-state index is -0.506. The van der Waals surface area contributed by atoms with Crippen molar-refractivity contribution in [3.05, 3.63) is 17.6 Å². The van der Waals surface area contributed by atoms with Gasteiger partial charge < -0.3 is 15.0 Å². The Kier molecular flexibility index (Phi) is 5.12. The fourth-order valence-electron chi connectivity index (χ4n) is 2.59. The largest absolute Gasteiger partial charge is 0.463 e. The molecule has 21 heavy (non-hydrogen) atoms. The summed E-state index contributed by atoms with van der Waals surface area (Å²) in [5.41, 5.74) is 0.753. The summed E-state index contributed by atoms with van der Waals surface area (Å²) in [6.07, 6.45) is 1.19. The Morgan fingerprint density at radius 3 is 2.90 bits per heavy atom. The van der Waals surface area contributed by atoms with Crippen LogP contribution < -0.4 is 5.32 Å². The van der Waals surface area contributed by atoms with Gasteiger partial charge in [0, 0.05) is 30.9 Å².